The van der Waals surface area contributed by atoms with Crippen molar-refractivity contribution in [3.05, 3.63) is 428 Å². The Morgan fingerprint density at radius 2 is 0.548 bits per heavy atom. The van der Waals surface area contributed by atoms with E-state index in [9.17, 15) is 0 Å². The van der Waals surface area contributed by atoms with Gasteiger partial charge in [0, 0.05) is 129 Å². The molecule has 438 valence electrons. The zero-order chi connectivity index (χ0) is 61.9. The lowest BCUT2D eigenvalue weighted by molar-refractivity contribution is 1.28. The van der Waals surface area contributed by atoms with E-state index in [2.05, 4.69) is 300 Å². The van der Waals surface area contributed by atoms with Gasteiger partial charge in [0.2, 0.25) is 0 Å². The van der Waals surface area contributed by atoms with Gasteiger partial charge in [-0.3, -0.25) is 15.0 Å². The van der Waals surface area contributed by atoms with Gasteiger partial charge in [-0.2, -0.15) is 0 Å². The van der Waals surface area contributed by atoms with Crippen LogP contribution in [-0.2, 0) is 0 Å². The molecule has 6 heterocycles. The number of pyridine rings is 3. The average molecular weight is 1240 g/mol. The Morgan fingerprint density at radius 3 is 0.892 bits per heavy atom. The molecule has 4 nitrogen and oxygen atoms in total. The molecule has 7 heteroatoms. The van der Waals surface area contributed by atoms with Crippen molar-refractivity contribution >= 4 is 109 Å². The minimum Gasteiger partial charge on any atom is -0.264 e. The number of benzene rings is 9. The number of allylic oxidation sites excluding steroid dienone is 8. The molecule has 2 aliphatic rings. The Morgan fingerprint density at radius 1 is 0.247 bits per heavy atom. The van der Waals surface area contributed by atoms with E-state index >= 15 is 0 Å². The van der Waals surface area contributed by atoms with Crippen molar-refractivity contribution < 1.29 is 0 Å². The SMILES string of the molecule is c1ccc(/C(=C2C(c3cccnc3)=C(c3cccnc3)C\2=C(/c2ccccc2)c2cc3ccccc3s2)c2cc3ccccc3s2)cc1.c1ccc(C(=C2C(=C(c3ccccc3)c3ccccc3)C(c3nc4ccccc4s3)=C2c2cccnc2)c2ccccc2)cc1. The molecule has 0 radical (unpaired) electrons. The van der Waals surface area contributed by atoms with Gasteiger partial charge in [-0.1, -0.05) is 249 Å². The second kappa shape index (κ2) is 25.5. The Hall–Kier alpha value is -11.3. The standard InChI is InChI=1S/C44H28N2S2.C42H28N2S/c1-3-13-29(14-4-1)39(37-25-31-17-7-9-21-35(31)47-37)43-41(33-19-11-23-45-27-33)42(34-20-12-24-46-28-34)44(43)40(30-15-5-2-6-16-30)38-26-32-18-8-10-22-36(32)48-38;1-5-16-29(17-6-1)36(30-18-7-2-8-19-30)39-38(33-24-15-27-43-28-33)41(42-44-34-25-13-14-26-35(34)45-42)40(39)37(31-20-9-3-10-21-31)32-22-11-4-12-23-32/h1-28H;1-28H/b43-39-,44-40-;. The van der Waals surface area contributed by atoms with E-state index in [1.807, 2.05) is 78.1 Å². The Bertz CT molecular complexity index is 5060. The highest BCUT2D eigenvalue weighted by Crippen LogP contribution is 2.61. The van der Waals surface area contributed by atoms with E-state index in [0.29, 0.717) is 0 Å². The lowest BCUT2D eigenvalue weighted by atomic mass is 9.66. The molecule has 9 aromatic carbocycles. The third kappa shape index (κ3) is 10.9. The van der Waals surface area contributed by atoms with Crippen molar-refractivity contribution in [3.8, 4) is 0 Å². The van der Waals surface area contributed by atoms with Crippen LogP contribution < -0.4 is 0 Å². The minimum atomic E-state index is 1.01. The first-order chi connectivity index (χ1) is 46.2. The van der Waals surface area contributed by atoms with Crippen LogP contribution in [0.15, 0.2) is 363 Å². The zero-order valence-electron chi connectivity index (χ0n) is 50.3. The maximum Gasteiger partial charge on any atom is 0.125 e. The first-order valence-corrected chi connectivity index (χ1v) is 33.5. The van der Waals surface area contributed by atoms with E-state index in [1.165, 1.54) is 129 Å². The zero-order valence-corrected chi connectivity index (χ0v) is 52.8. The quantitative estimate of drug-likeness (QED) is 0.122. The lowest BCUT2D eigenvalue weighted by Gasteiger charge is -2.36. The molecule has 93 heavy (non-hydrogen) atoms. The van der Waals surface area contributed by atoms with Crippen LogP contribution in [0.5, 0.6) is 0 Å². The number of nitrogens with zero attached hydrogens (tertiary/aromatic N) is 4. The summed E-state index contributed by atoms with van der Waals surface area (Å²) in [5.74, 6) is 0. The van der Waals surface area contributed by atoms with Crippen LogP contribution in [0.1, 0.15) is 64.8 Å². The highest BCUT2D eigenvalue weighted by atomic mass is 32.1. The summed E-state index contributed by atoms with van der Waals surface area (Å²) >= 11 is 5.46. The maximum absolute atomic E-state index is 5.25. The topological polar surface area (TPSA) is 51.6 Å². The molecule has 15 aromatic rings. The molecule has 6 aromatic heterocycles. The van der Waals surface area contributed by atoms with Crippen molar-refractivity contribution in [1.29, 1.82) is 0 Å². The summed E-state index contributed by atoms with van der Waals surface area (Å²) in [6.45, 7) is 0. The normalized spacial score (nSPS) is 13.9. The van der Waals surface area contributed by atoms with Gasteiger partial charge < -0.3 is 0 Å². The number of hydrogen-bond acceptors (Lipinski definition) is 7. The van der Waals surface area contributed by atoms with Crippen molar-refractivity contribution in [2.24, 2.45) is 0 Å². The van der Waals surface area contributed by atoms with Crippen LogP contribution in [0.4, 0.5) is 0 Å². The summed E-state index contributed by atoms with van der Waals surface area (Å²) in [6.07, 6.45) is 11.5. The Labute approximate surface area is 552 Å². The second-order valence-electron chi connectivity index (χ2n) is 22.7. The summed E-state index contributed by atoms with van der Waals surface area (Å²) < 4.78 is 3.73. The molecule has 0 N–H and O–H groups in total. The van der Waals surface area contributed by atoms with Gasteiger partial charge in [-0.25, -0.2) is 4.98 Å². The van der Waals surface area contributed by atoms with Crippen molar-refractivity contribution in [1.82, 2.24) is 19.9 Å². The van der Waals surface area contributed by atoms with Gasteiger partial charge in [0.15, 0.2) is 0 Å². The fraction of sp³-hybridized carbons (Fsp3) is 0. The molecule has 0 atom stereocenters. The maximum atomic E-state index is 5.25. The van der Waals surface area contributed by atoms with E-state index in [0.717, 1.165) is 32.8 Å². The van der Waals surface area contributed by atoms with Crippen molar-refractivity contribution in [2.45, 2.75) is 0 Å². The molecule has 0 bridgehead atoms. The first-order valence-electron chi connectivity index (χ1n) is 31.1. The molecule has 2 aliphatic carbocycles. The monoisotopic (exact) mass is 1240 g/mol. The van der Waals surface area contributed by atoms with Crippen LogP contribution in [-0.4, -0.2) is 19.9 Å². The second-order valence-corrected chi connectivity index (χ2v) is 25.9. The van der Waals surface area contributed by atoms with Gasteiger partial charge in [-0.05, 0) is 110 Å². The molecule has 0 saturated carbocycles. The third-order valence-corrected chi connectivity index (χ3v) is 20.4. The molecule has 17 rings (SSSR count). The smallest absolute Gasteiger partial charge is 0.125 e. The van der Waals surface area contributed by atoms with Gasteiger partial charge in [0.25, 0.3) is 0 Å². The fourth-order valence-electron chi connectivity index (χ4n) is 13.0. The van der Waals surface area contributed by atoms with E-state index < -0.39 is 0 Å². The molecule has 0 aliphatic heterocycles. The highest BCUT2D eigenvalue weighted by Gasteiger charge is 2.41. The largest absolute Gasteiger partial charge is 0.264 e. The molecule has 0 fully saturated rings. The van der Waals surface area contributed by atoms with Crippen LogP contribution in [0.3, 0.4) is 0 Å². The number of fused-ring (bicyclic) bond motifs is 3. The number of thiophene rings is 2. The summed E-state index contributed by atoms with van der Waals surface area (Å²) in [4.78, 5) is 21.6. The van der Waals surface area contributed by atoms with Crippen LogP contribution in [0.25, 0.3) is 75.0 Å². The van der Waals surface area contributed by atoms with E-state index in [1.54, 1.807) is 11.3 Å². The minimum absolute atomic E-state index is 1.01. The summed E-state index contributed by atoms with van der Waals surface area (Å²) in [5.41, 5.74) is 25.7. The Balaban J connectivity index is 0.000000148. The first kappa shape index (κ1) is 56.9. The molecule has 0 amide bonds. The number of para-hydroxylation sites is 1. The number of hydrogen-bond donors (Lipinski definition) is 0. The number of aromatic nitrogens is 4. The highest BCUT2D eigenvalue weighted by molar-refractivity contribution is 7.20. The van der Waals surface area contributed by atoms with Gasteiger partial charge in [-0.15, -0.1) is 34.0 Å². The summed E-state index contributed by atoms with van der Waals surface area (Å²) in [5, 5.41) is 3.52. The average Bonchev–Trinajstić information content (AvgIpc) is 1.55. The van der Waals surface area contributed by atoms with Crippen LogP contribution >= 0.6 is 34.0 Å². The van der Waals surface area contributed by atoms with Gasteiger partial charge in [0.1, 0.15) is 5.01 Å². The van der Waals surface area contributed by atoms with Gasteiger partial charge >= 0.3 is 0 Å². The number of thiazole rings is 1. The summed E-state index contributed by atoms with van der Waals surface area (Å²) in [6, 6.07) is 108. The van der Waals surface area contributed by atoms with E-state index in [-0.39, 0.29) is 0 Å². The molecule has 0 saturated heterocycles. The van der Waals surface area contributed by atoms with Crippen LogP contribution in [0.2, 0.25) is 0 Å². The molecular weight excluding hydrogens is 1190 g/mol. The lowest BCUT2D eigenvalue weighted by Crippen LogP contribution is -2.17. The molecular formula is C86H56N4S3. The van der Waals surface area contributed by atoms with Crippen molar-refractivity contribution in [3.63, 3.8) is 0 Å². The van der Waals surface area contributed by atoms with Crippen molar-refractivity contribution in [2.75, 3.05) is 0 Å². The predicted molar refractivity (Wildman–Crippen MR) is 392 cm³/mol. The van der Waals surface area contributed by atoms with Crippen LogP contribution in [0, 0.1) is 0 Å². The summed E-state index contributed by atoms with van der Waals surface area (Å²) in [7, 11) is 0. The molecule has 0 spiro atoms. The fourth-order valence-corrected chi connectivity index (χ4v) is 16.3. The predicted octanol–water partition coefficient (Wildman–Crippen LogP) is 22.5. The Kier molecular flexibility index (Phi) is 15.6. The third-order valence-electron chi connectivity index (χ3n) is 17.1. The van der Waals surface area contributed by atoms with E-state index in [4.69, 9.17) is 4.98 Å². The van der Waals surface area contributed by atoms with Gasteiger partial charge in [0.05, 0.1) is 10.2 Å². The molecule has 0 unspecified atom stereocenters. The number of rotatable bonds is 12.